The van der Waals surface area contributed by atoms with Crippen molar-refractivity contribution >= 4 is 15.8 Å². The molecule has 0 spiro atoms. The molecule has 1 saturated heterocycles. The van der Waals surface area contributed by atoms with Gasteiger partial charge >= 0.3 is 0 Å². The Morgan fingerprint density at radius 2 is 2.03 bits per heavy atom. The molecule has 1 aliphatic rings. The fourth-order valence-corrected chi connectivity index (χ4v) is 4.82. The van der Waals surface area contributed by atoms with Crippen LogP contribution in [0.25, 0.3) is 22.5 Å². The van der Waals surface area contributed by atoms with Crippen LogP contribution >= 0.6 is 0 Å². The highest BCUT2D eigenvalue weighted by atomic mass is 32.2. The Bertz CT molecular complexity index is 1210. The SMILES string of the molecule is Cc1cc(-c2nc(-c3cc(S(=O)(=O)NC[C@H]4CCNC4)ccc3C)cnc2N)ccn1. The molecular weight excluding hydrogens is 412 g/mol. The van der Waals surface area contributed by atoms with E-state index in [1.807, 2.05) is 26.0 Å². The summed E-state index contributed by atoms with van der Waals surface area (Å²) >= 11 is 0. The van der Waals surface area contributed by atoms with E-state index in [9.17, 15) is 8.42 Å². The Labute approximate surface area is 182 Å². The molecule has 1 aromatic carbocycles. The summed E-state index contributed by atoms with van der Waals surface area (Å²) in [5.41, 5.74) is 10.4. The predicted octanol–water partition coefficient (Wildman–Crippen LogP) is 2.29. The van der Waals surface area contributed by atoms with Gasteiger partial charge in [-0.1, -0.05) is 6.07 Å². The van der Waals surface area contributed by atoms with Crippen molar-refractivity contribution in [3.8, 4) is 22.5 Å². The Hall–Kier alpha value is -2.88. The standard InChI is InChI=1S/C22H26N6O2S/c1-14-3-4-18(31(29,30)27-12-16-5-7-24-11-16)10-19(14)20-13-26-22(23)21(28-20)17-6-8-25-15(2)9-17/h3-4,6,8-10,13,16,24,27H,5,7,11-12H2,1-2H3,(H2,23,26)/t16-/m0/s1. The van der Waals surface area contributed by atoms with Crippen LogP contribution < -0.4 is 15.8 Å². The molecule has 8 nitrogen and oxygen atoms in total. The molecule has 4 N–H and O–H groups in total. The number of nitrogen functional groups attached to an aromatic ring is 1. The van der Waals surface area contributed by atoms with Crippen molar-refractivity contribution in [2.45, 2.75) is 25.2 Å². The van der Waals surface area contributed by atoms with E-state index in [-0.39, 0.29) is 4.90 Å². The maximum Gasteiger partial charge on any atom is 0.240 e. The minimum absolute atomic E-state index is 0.207. The Kier molecular flexibility index (Phi) is 5.99. The third-order valence-electron chi connectivity index (χ3n) is 5.49. The van der Waals surface area contributed by atoms with Gasteiger partial charge in [-0.05, 0) is 69.1 Å². The van der Waals surface area contributed by atoms with E-state index in [1.54, 1.807) is 30.6 Å². The molecule has 3 aromatic rings. The average Bonchev–Trinajstić information content (AvgIpc) is 3.27. The molecule has 1 aliphatic heterocycles. The molecule has 0 saturated carbocycles. The van der Waals surface area contributed by atoms with E-state index in [0.717, 1.165) is 36.3 Å². The summed E-state index contributed by atoms with van der Waals surface area (Å²) in [5, 5.41) is 3.25. The predicted molar refractivity (Wildman–Crippen MR) is 121 cm³/mol. The lowest BCUT2D eigenvalue weighted by molar-refractivity contribution is 0.539. The van der Waals surface area contributed by atoms with E-state index in [2.05, 4.69) is 20.0 Å². The number of hydrogen-bond acceptors (Lipinski definition) is 7. The minimum Gasteiger partial charge on any atom is -0.382 e. The van der Waals surface area contributed by atoms with E-state index in [1.165, 1.54) is 0 Å². The fourth-order valence-electron chi connectivity index (χ4n) is 3.68. The van der Waals surface area contributed by atoms with E-state index in [4.69, 9.17) is 10.7 Å². The Balaban J connectivity index is 1.68. The van der Waals surface area contributed by atoms with E-state index in [0.29, 0.717) is 35.2 Å². The molecule has 0 bridgehead atoms. The highest BCUT2D eigenvalue weighted by Gasteiger charge is 2.21. The smallest absolute Gasteiger partial charge is 0.240 e. The number of nitrogens with one attached hydrogen (secondary N) is 2. The van der Waals surface area contributed by atoms with Gasteiger partial charge in [-0.25, -0.2) is 23.1 Å². The molecule has 0 aliphatic carbocycles. The summed E-state index contributed by atoms with van der Waals surface area (Å²) in [4.78, 5) is 13.4. The number of aryl methyl sites for hydroxylation is 2. The number of sulfonamides is 1. The van der Waals surface area contributed by atoms with Crippen LogP contribution in [0.1, 0.15) is 17.7 Å². The fraction of sp³-hybridized carbons (Fsp3) is 0.318. The third kappa shape index (κ3) is 4.73. The van der Waals surface area contributed by atoms with Crippen LogP contribution in [0, 0.1) is 19.8 Å². The van der Waals surface area contributed by atoms with Gasteiger partial charge in [0.1, 0.15) is 11.5 Å². The van der Waals surface area contributed by atoms with E-state index < -0.39 is 10.0 Å². The molecule has 9 heteroatoms. The first kappa shape index (κ1) is 21.4. The zero-order valence-electron chi connectivity index (χ0n) is 17.6. The van der Waals surface area contributed by atoms with Crippen LogP contribution in [0.15, 0.2) is 47.6 Å². The number of anilines is 1. The molecule has 0 unspecified atom stereocenters. The summed E-state index contributed by atoms with van der Waals surface area (Å²) in [6.07, 6.45) is 4.24. The first-order valence-electron chi connectivity index (χ1n) is 10.2. The van der Waals surface area contributed by atoms with Crippen LogP contribution in [0.5, 0.6) is 0 Å². The number of hydrogen-bond donors (Lipinski definition) is 3. The molecule has 31 heavy (non-hydrogen) atoms. The zero-order valence-corrected chi connectivity index (χ0v) is 18.4. The van der Waals surface area contributed by atoms with Crippen molar-refractivity contribution in [1.29, 1.82) is 0 Å². The number of benzene rings is 1. The first-order valence-corrected chi connectivity index (χ1v) is 11.7. The van der Waals surface area contributed by atoms with Crippen molar-refractivity contribution < 1.29 is 8.42 Å². The second kappa shape index (κ2) is 8.70. The van der Waals surface area contributed by atoms with Gasteiger partial charge in [0.25, 0.3) is 0 Å². The second-order valence-corrected chi connectivity index (χ2v) is 9.63. The monoisotopic (exact) mass is 438 g/mol. The summed E-state index contributed by atoms with van der Waals surface area (Å²) in [6.45, 7) is 5.99. The highest BCUT2D eigenvalue weighted by molar-refractivity contribution is 7.89. The maximum absolute atomic E-state index is 12.9. The largest absolute Gasteiger partial charge is 0.382 e. The topological polar surface area (TPSA) is 123 Å². The summed E-state index contributed by atoms with van der Waals surface area (Å²) in [6, 6.07) is 8.76. The number of pyridine rings is 1. The van der Waals surface area contributed by atoms with Crippen LogP contribution in [-0.4, -0.2) is 43.0 Å². The zero-order chi connectivity index (χ0) is 22.0. The van der Waals surface area contributed by atoms with Gasteiger partial charge in [0, 0.05) is 29.6 Å². The van der Waals surface area contributed by atoms with Gasteiger partial charge in [0.2, 0.25) is 10.0 Å². The maximum atomic E-state index is 12.9. The number of nitrogens with zero attached hydrogens (tertiary/aromatic N) is 3. The lowest BCUT2D eigenvalue weighted by atomic mass is 10.1. The van der Waals surface area contributed by atoms with Crippen molar-refractivity contribution in [2.75, 3.05) is 25.4 Å². The van der Waals surface area contributed by atoms with Crippen molar-refractivity contribution in [2.24, 2.45) is 5.92 Å². The molecular formula is C22H26N6O2S. The minimum atomic E-state index is -3.63. The Morgan fingerprint density at radius 3 is 2.77 bits per heavy atom. The van der Waals surface area contributed by atoms with Gasteiger partial charge in [0.15, 0.2) is 0 Å². The lowest BCUT2D eigenvalue weighted by Gasteiger charge is -2.13. The Morgan fingerprint density at radius 1 is 1.19 bits per heavy atom. The normalized spacial score (nSPS) is 16.5. The van der Waals surface area contributed by atoms with Crippen molar-refractivity contribution in [3.05, 3.63) is 54.0 Å². The first-order chi connectivity index (χ1) is 14.8. The van der Waals surface area contributed by atoms with Crippen LogP contribution in [0.3, 0.4) is 0 Å². The van der Waals surface area contributed by atoms with E-state index >= 15 is 0 Å². The van der Waals surface area contributed by atoms with Gasteiger partial charge in [-0.2, -0.15) is 0 Å². The highest BCUT2D eigenvalue weighted by Crippen LogP contribution is 2.29. The lowest BCUT2D eigenvalue weighted by Crippen LogP contribution is -2.30. The summed E-state index contributed by atoms with van der Waals surface area (Å²) < 4.78 is 28.5. The number of nitrogens with two attached hydrogens (primary N) is 1. The summed E-state index contributed by atoms with van der Waals surface area (Å²) in [5.74, 6) is 0.622. The molecule has 3 heterocycles. The molecule has 0 amide bonds. The average molecular weight is 439 g/mol. The molecule has 4 rings (SSSR count). The quantitative estimate of drug-likeness (QED) is 0.539. The van der Waals surface area contributed by atoms with Crippen molar-refractivity contribution in [3.63, 3.8) is 0 Å². The number of rotatable bonds is 6. The number of aromatic nitrogens is 3. The van der Waals surface area contributed by atoms with Crippen LogP contribution in [-0.2, 0) is 10.0 Å². The third-order valence-corrected chi connectivity index (χ3v) is 6.91. The van der Waals surface area contributed by atoms with Gasteiger partial charge in [0.05, 0.1) is 16.8 Å². The molecule has 2 aromatic heterocycles. The van der Waals surface area contributed by atoms with Gasteiger partial charge < -0.3 is 11.1 Å². The molecule has 1 fully saturated rings. The second-order valence-electron chi connectivity index (χ2n) is 7.86. The summed E-state index contributed by atoms with van der Waals surface area (Å²) in [7, 11) is -3.63. The van der Waals surface area contributed by atoms with Crippen LogP contribution in [0.4, 0.5) is 5.82 Å². The molecule has 162 valence electrons. The van der Waals surface area contributed by atoms with Crippen molar-refractivity contribution in [1.82, 2.24) is 25.0 Å². The van der Waals surface area contributed by atoms with Crippen LogP contribution in [0.2, 0.25) is 0 Å². The molecule has 1 atom stereocenters. The van der Waals surface area contributed by atoms with Gasteiger partial charge in [-0.15, -0.1) is 0 Å². The molecule has 0 radical (unpaired) electrons. The van der Waals surface area contributed by atoms with Gasteiger partial charge in [-0.3, -0.25) is 4.98 Å².